The number of para-hydroxylation sites is 1. The van der Waals surface area contributed by atoms with Gasteiger partial charge in [0.2, 0.25) is 18.0 Å². The van der Waals surface area contributed by atoms with Crippen LogP contribution in [0.25, 0.3) is 22.2 Å². The molecule has 0 aromatic heterocycles. The normalized spacial score (nSPS) is 12.3. The molecule has 2 heterocycles. The Hall–Kier alpha value is -2.49. The molecule has 2 aromatic carbocycles. The molecule has 5 heteroatoms. The van der Waals surface area contributed by atoms with Gasteiger partial charge in [0.15, 0.2) is 18.0 Å². The van der Waals surface area contributed by atoms with E-state index < -0.39 is 0 Å². The van der Waals surface area contributed by atoms with Crippen molar-refractivity contribution >= 4 is 22.5 Å². The molecular weight excluding hydrogens is 369 g/mol. The Labute approximate surface area is 162 Å². The number of hydrogen-bond acceptors (Lipinski definition) is 2. The van der Waals surface area contributed by atoms with Crippen LogP contribution in [0.1, 0.15) is 5.56 Å². The molecule has 2 aromatic rings. The van der Waals surface area contributed by atoms with Gasteiger partial charge in [-0.25, -0.2) is 0 Å². The molecule has 0 saturated heterocycles. The van der Waals surface area contributed by atoms with Gasteiger partial charge in [0.1, 0.15) is 5.02 Å². The first kappa shape index (κ1) is 17.0. The SMILES string of the molecule is Clc1cc2c(cc3c4ccccc4[n+](Cc4ccccc4)c1-3)OCO2.[Cl-]. The lowest BCUT2D eigenvalue weighted by Gasteiger charge is -2.00. The van der Waals surface area contributed by atoms with E-state index >= 15 is 0 Å². The van der Waals surface area contributed by atoms with Gasteiger partial charge in [-0.15, -0.1) is 0 Å². The largest absolute Gasteiger partial charge is 1.00 e. The number of halogens is 2. The van der Waals surface area contributed by atoms with Crippen LogP contribution in [-0.2, 0) is 6.54 Å². The van der Waals surface area contributed by atoms with E-state index in [-0.39, 0.29) is 19.2 Å². The number of benzene rings is 2. The topological polar surface area (TPSA) is 22.3 Å². The standard InChI is InChI=1S/C21H15ClNO2.ClH/c22-17-11-20-19(24-13-25-20)10-16-15-8-4-5-9-18(15)23(21(16)17)12-14-6-2-1-3-7-14;/h1-11H,12-13H2;1H/q+1;/p-1. The number of nitrogens with zero attached hydrogens (tertiary/aromatic N) is 1. The quantitative estimate of drug-likeness (QED) is 0.491. The van der Waals surface area contributed by atoms with Gasteiger partial charge in [0, 0.05) is 17.7 Å². The predicted molar refractivity (Wildman–Crippen MR) is 97.4 cm³/mol. The highest BCUT2D eigenvalue weighted by Crippen LogP contribution is 2.42. The van der Waals surface area contributed by atoms with E-state index in [0.717, 1.165) is 34.5 Å². The summed E-state index contributed by atoms with van der Waals surface area (Å²) in [4.78, 5) is 0. The van der Waals surface area contributed by atoms with Crippen molar-refractivity contribution in [2.45, 2.75) is 6.54 Å². The maximum absolute atomic E-state index is 6.71. The van der Waals surface area contributed by atoms with Gasteiger partial charge in [-0.1, -0.05) is 54.1 Å². The molecule has 130 valence electrons. The summed E-state index contributed by atoms with van der Waals surface area (Å²) in [5, 5.41) is 1.82. The van der Waals surface area contributed by atoms with Crippen LogP contribution in [0.2, 0.25) is 5.02 Å². The molecule has 0 amide bonds. The van der Waals surface area contributed by atoms with E-state index in [4.69, 9.17) is 21.1 Å². The van der Waals surface area contributed by atoms with E-state index in [1.807, 2.05) is 24.3 Å². The Kier molecular flexibility index (Phi) is 4.35. The first-order chi connectivity index (χ1) is 12.3. The summed E-state index contributed by atoms with van der Waals surface area (Å²) in [6, 6.07) is 22.6. The van der Waals surface area contributed by atoms with E-state index in [2.05, 4.69) is 47.0 Å². The van der Waals surface area contributed by atoms with Crippen molar-refractivity contribution in [3.05, 3.63) is 77.3 Å². The summed E-state index contributed by atoms with van der Waals surface area (Å²) in [5.41, 5.74) is 4.45. The predicted octanol–water partition coefficient (Wildman–Crippen LogP) is 1.67. The molecule has 5 rings (SSSR count). The van der Waals surface area contributed by atoms with Crippen LogP contribution in [0.15, 0.2) is 66.7 Å². The fraction of sp³-hybridized carbons (Fsp3) is 0.0952. The highest BCUT2D eigenvalue weighted by Gasteiger charge is 2.30. The highest BCUT2D eigenvalue weighted by molar-refractivity contribution is 6.33. The first-order valence-corrected chi connectivity index (χ1v) is 8.56. The third kappa shape index (κ3) is 2.64. The molecule has 0 fully saturated rings. The lowest BCUT2D eigenvalue weighted by molar-refractivity contribution is -0.649. The van der Waals surface area contributed by atoms with Crippen LogP contribution in [0, 0.1) is 0 Å². The Morgan fingerprint density at radius 3 is 2.38 bits per heavy atom. The minimum Gasteiger partial charge on any atom is -1.00 e. The summed E-state index contributed by atoms with van der Waals surface area (Å²) in [6.07, 6.45) is 0. The second kappa shape index (κ2) is 6.67. The minimum absolute atomic E-state index is 0. The average molecular weight is 384 g/mol. The van der Waals surface area contributed by atoms with Crippen molar-refractivity contribution in [2.75, 3.05) is 6.79 Å². The Balaban J connectivity index is 0.00000168. The van der Waals surface area contributed by atoms with Gasteiger partial charge < -0.3 is 21.9 Å². The molecule has 0 bridgehead atoms. The van der Waals surface area contributed by atoms with Crippen molar-refractivity contribution in [1.82, 2.24) is 0 Å². The van der Waals surface area contributed by atoms with Gasteiger partial charge in [-0.05, 0) is 12.1 Å². The second-order valence-electron chi connectivity index (χ2n) is 6.12. The van der Waals surface area contributed by atoms with E-state index in [1.54, 1.807) is 0 Å². The van der Waals surface area contributed by atoms with E-state index in [9.17, 15) is 0 Å². The van der Waals surface area contributed by atoms with Crippen molar-refractivity contribution in [1.29, 1.82) is 0 Å². The number of fused-ring (bicyclic) bond motifs is 4. The molecule has 0 N–H and O–H groups in total. The van der Waals surface area contributed by atoms with Crippen LogP contribution in [0.3, 0.4) is 0 Å². The molecule has 1 aliphatic carbocycles. The number of hydrogen-bond donors (Lipinski definition) is 0. The van der Waals surface area contributed by atoms with E-state index in [1.165, 1.54) is 5.56 Å². The number of aromatic nitrogens is 1. The van der Waals surface area contributed by atoms with Gasteiger partial charge in [-0.3, -0.25) is 0 Å². The van der Waals surface area contributed by atoms with Crippen molar-refractivity contribution in [2.24, 2.45) is 0 Å². The van der Waals surface area contributed by atoms with E-state index in [0.29, 0.717) is 10.8 Å². The zero-order chi connectivity index (χ0) is 16.8. The minimum atomic E-state index is 0. The van der Waals surface area contributed by atoms with Crippen LogP contribution in [0.4, 0.5) is 0 Å². The monoisotopic (exact) mass is 383 g/mol. The molecule has 26 heavy (non-hydrogen) atoms. The maximum atomic E-state index is 6.71. The molecule has 3 aliphatic rings. The molecular formula is C21H15Cl2NO2. The Bertz CT molecular complexity index is 1070. The van der Waals surface area contributed by atoms with Crippen LogP contribution in [0.5, 0.6) is 11.5 Å². The van der Waals surface area contributed by atoms with Gasteiger partial charge >= 0.3 is 0 Å². The van der Waals surface area contributed by atoms with Gasteiger partial charge in [0.05, 0.1) is 10.9 Å². The van der Waals surface area contributed by atoms with Crippen LogP contribution >= 0.6 is 11.6 Å². The molecule has 0 unspecified atom stereocenters. The summed E-state index contributed by atoms with van der Waals surface area (Å²) in [6.45, 7) is 0.987. The molecule has 2 aliphatic heterocycles. The molecule has 0 atom stereocenters. The van der Waals surface area contributed by atoms with Crippen molar-refractivity contribution in [3.8, 4) is 22.8 Å². The summed E-state index contributed by atoms with van der Waals surface area (Å²) in [7, 11) is 0. The third-order valence-corrected chi connectivity index (χ3v) is 4.91. The first-order valence-electron chi connectivity index (χ1n) is 8.18. The fourth-order valence-corrected chi connectivity index (χ4v) is 3.81. The smallest absolute Gasteiger partial charge is 0.233 e. The second-order valence-corrected chi connectivity index (χ2v) is 6.53. The van der Waals surface area contributed by atoms with Gasteiger partial charge in [0.25, 0.3) is 0 Å². The number of ether oxygens (including phenoxy) is 2. The van der Waals surface area contributed by atoms with Crippen LogP contribution in [-0.4, -0.2) is 6.79 Å². The van der Waals surface area contributed by atoms with Crippen LogP contribution < -0.4 is 26.4 Å². The highest BCUT2D eigenvalue weighted by atomic mass is 35.5. The zero-order valence-electron chi connectivity index (χ0n) is 13.8. The average Bonchev–Trinajstić information content (AvgIpc) is 3.16. The fourth-order valence-electron chi connectivity index (χ4n) is 3.50. The molecule has 3 nitrogen and oxygen atoms in total. The van der Waals surface area contributed by atoms with Crippen molar-refractivity contribution < 1.29 is 26.4 Å². The third-order valence-electron chi connectivity index (χ3n) is 4.62. The van der Waals surface area contributed by atoms with Crippen molar-refractivity contribution in [3.63, 3.8) is 0 Å². The summed E-state index contributed by atoms with van der Waals surface area (Å²) < 4.78 is 13.4. The summed E-state index contributed by atoms with van der Waals surface area (Å²) in [5.74, 6) is 1.43. The zero-order valence-corrected chi connectivity index (χ0v) is 15.3. The lowest BCUT2D eigenvalue weighted by atomic mass is 10.1. The Morgan fingerprint density at radius 2 is 1.58 bits per heavy atom. The summed E-state index contributed by atoms with van der Waals surface area (Å²) >= 11 is 6.71. The van der Waals surface area contributed by atoms with Gasteiger partial charge in [-0.2, -0.15) is 4.57 Å². The Morgan fingerprint density at radius 1 is 0.885 bits per heavy atom. The number of rotatable bonds is 2. The maximum Gasteiger partial charge on any atom is 0.233 e. The molecule has 0 radical (unpaired) electrons. The molecule has 0 saturated carbocycles. The lowest BCUT2D eigenvalue weighted by Crippen LogP contribution is -3.00. The molecule has 0 spiro atoms.